The number of carboxylic acid groups (broad SMARTS) is 1. The predicted molar refractivity (Wildman–Crippen MR) is 95.5 cm³/mol. The van der Waals surface area contributed by atoms with E-state index in [-0.39, 0.29) is 20.6 Å². The topological polar surface area (TPSA) is 86.3 Å². The minimum Gasteiger partial charge on any atom is -0.545 e. The average Bonchev–Trinajstić information content (AvgIpc) is 2.56. The first-order chi connectivity index (χ1) is 11.8. The van der Waals surface area contributed by atoms with Crippen LogP contribution in [0, 0.1) is 0 Å². The summed E-state index contributed by atoms with van der Waals surface area (Å²) >= 11 is 11.7. The van der Waals surface area contributed by atoms with Crippen molar-refractivity contribution in [3.8, 4) is 0 Å². The van der Waals surface area contributed by atoms with Crippen LogP contribution in [0.2, 0.25) is 10.0 Å². The average molecular weight is 395 g/mol. The Hall–Kier alpha value is -2.28. The van der Waals surface area contributed by atoms with Gasteiger partial charge in [0.05, 0.1) is 21.6 Å². The molecule has 3 rings (SSSR count). The zero-order chi connectivity index (χ0) is 18.2. The van der Waals surface area contributed by atoms with E-state index in [4.69, 9.17) is 23.2 Å². The van der Waals surface area contributed by atoms with Gasteiger partial charge in [0, 0.05) is 10.6 Å². The fourth-order valence-electron chi connectivity index (χ4n) is 2.37. The van der Waals surface area contributed by atoms with Crippen molar-refractivity contribution in [2.45, 2.75) is 4.90 Å². The molecule has 3 aromatic carbocycles. The summed E-state index contributed by atoms with van der Waals surface area (Å²) in [4.78, 5) is 11.2. The van der Waals surface area contributed by atoms with E-state index in [1.807, 2.05) is 12.1 Å². The Balaban J connectivity index is 2.08. The molecule has 5 nitrogen and oxygen atoms in total. The molecular formula is C17H10Cl2NO4S-. The molecule has 0 aromatic heterocycles. The normalized spacial score (nSPS) is 11.4. The number of fused-ring (bicyclic) bond motifs is 1. The lowest BCUT2D eigenvalue weighted by atomic mass is 10.1. The Morgan fingerprint density at radius 2 is 1.64 bits per heavy atom. The van der Waals surface area contributed by atoms with Gasteiger partial charge in [-0.15, -0.1) is 0 Å². The van der Waals surface area contributed by atoms with E-state index in [9.17, 15) is 18.3 Å². The van der Waals surface area contributed by atoms with E-state index in [2.05, 4.69) is 4.72 Å². The molecule has 0 bridgehead atoms. The monoisotopic (exact) mass is 394 g/mol. The number of benzene rings is 3. The Bertz CT molecular complexity index is 1100. The van der Waals surface area contributed by atoms with Crippen molar-refractivity contribution >= 4 is 55.7 Å². The fourth-order valence-corrected chi connectivity index (χ4v) is 4.10. The predicted octanol–water partition coefficient (Wildman–Crippen LogP) is 3.31. The summed E-state index contributed by atoms with van der Waals surface area (Å²) in [6.07, 6.45) is 0. The molecule has 1 N–H and O–H groups in total. The molecular weight excluding hydrogens is 385 g/mol. The highest BCUT2D eigenvalue weighted by Crippen LogP contribution is 2.32. The van der Waals surface area contributed by atoms with Crippen LogP contribution < -0.4 is 9.83 Å². The van der Waals surface area contributed by atoms with Crippen LogP contribution in [0.15, 0.2) is 59.5 Å². The number of rotatable bonds is 4. The van der Waals surface area contributed by atoms with Crippen molar-refractivity contribution in [1.82, 2.24) is 0 Å². The van der Waals surface area contributed by atoms with E-state index < -0.39 is 21.6 Å². The minimum atomic E-state index is -4.06. The largest absolute Gasteiger partial charge is 0.545 e. The van der Waals surface area contributed by atoms with E-state index >= 15 is 0 Å². The van der Waals surface area contributed by atoms with Crippen LogP contribution in [0.4, 0.5) is 5.69 Å². The number of halogens is 2. The molecule has 0 heterocycles. The summed E-state index contributed by atoms with van der Waals surface area (Å²) in [6.45, 7) is 0. The van der Waals surface area contributed by atoms with E-state index in [1.165, 1.54) is 18.2 Å². The molecule has 25 heavy (non-hydrogen) atoms. The lowest BCUT2D eigenvalue weighted by molar-refractivity contribution is -0.254. The first-order valence-corrected chi connectivity index (χ1v) is 9.24. The number of nitrogens with one attached hydrogen (secondary N) is 1. The van der Waals surface area contributed by atoms with Crippen LogP contribution >= 0.6 is 23.2 Å². The summed E-state index contributed by atoms with van der Waals surface area (Å²) in [5.74, 6) is -1.60. The molecule has 128 valence electrons. The lowest BCUT2D eigenvalue weighted by Gasteiger charge is -2.15. The third-order valence-electron chi connectivity index (χ3n) is 3.54. The number of carbonyl (C=O) groups is 1. The molecule has 8 heteroatoms. The second-order valence-corrected chi connectivity index (χ2v) is 7.74. The number of anilines is 1. The lowest BCUT2D eigenvalue weighted by Crippen LogP contribution is -2.25. The molecule has 0 fully saturated rings. The summed E-state index contributed by atoms with van der Waals surface area (Å²) in [5.41, 5.74) is -0.735. The van der Waals surface area contributed by atoms with Crippen molar-refractivity contribution in [1.29, 1.82) is 0 Å². The second kappa shape index (κ2) is 6.55. The van der Waals surface area contributed by atoms with E-state index in [1.54, 1.807) is 18.2 Å². The summed E-state index contributed by atoms with van der Waals surface area (Å²) < 4.78 is 27.5. The maximum Gasteiger partial charge on any atom is 0.261 e. The van der Waals surface area contributed by atoms with Gasteiger partial charge in [0.15, 0.2) is 0 Å². The quantitative estimate of drug-likeness (QED) is 0.735. The molecule has 0 unspecified atom stereocenters. The van der Waals surface area contributed by atoms with Gasteiger partial charge in [-0.05, 0) is 35.0 Å². The van der Waals surface area contributed by atoms with Gasteiger partial charge in [-0.3, -0.25) is 4.72 Å². The molecule has 0 aliphatic rings. The highest BCUT2D eigenvalue weighted by molar-refractivity contribution is 7.92. The SMILES string of the molecule is O=C([O-])c1cc(Cl)cc(Cl)c1NS(=O)(=O)c1ccc2ccccc2c1. The number of sulfonamides is 1. The van der Waals surface area contributed by atoms with Crippen LogP contribution in [0.1, 0.15) is 10.4 Å². The van der Waals surface area contributed by atoms with Crippen LogP contribution in [0.3, 0.4) is 0 Å². The van der Waals surface area contributed by atoms with Crippen LogP contribution in [-0.4, -0.2) is 14.4 Å². The van der Waals surface area contributed by atoms with E-state index in [0.717, 1.165) is 16.8 Å². The second-order valence-electron chi connectivity index (χ2n) is 5.21. The van der Waals surface area contributed by atoms with Crippen molar-refractivity contribution in [3.05, 3.63) is 70.2 Å². The van der Waals surface area contributed by atoms with Crippen molar-refractivity contribution in [2.24, 2.45) is 0 Å². The summed E-state index contributed by atoms with van der Waals surface area (Å²) in [6, 6.07) is 14.1. The molecule has 3 aromatic rings. The van der Waals surface area contributed by atoms with Gasteiger partial charge in [0.1, 0.15) is 0 Å². The van der Waals surface area contributed by atoms with Crippen molar-refractivity contribution < 1.29 is 18.3 Å². The molecule has 0 saturated carbocycles. The highest BCUT2D eigenvalue weighted by Gasteiger charge is 2.19. The molecule has 0 amide bonds. The van der Waals surface area contributed by atoms with E-state index in [0.29, 0.717) is 0 Å². The number of aromatic carboxylic acids is 1. The van der Waals surface area contributed by atoms with Gasteiger partial charge in [-0.1, -0.05) is 53.5 Å². The van der Waals surface area contributed by atoms with Gasteiger partial charge in [-0.2, -0.15) is 0 Å². The molecule has 0 aliphatic carbocycles. The summed E-state index contributed by atoms with van der Waals surface area (Å²) in [7, 11) is -4.06. The third-order valence-corrected chi connectivity index (χ3v) is 5.41. The Morgan fingerprint density at radius 1 is 0.960 bits per heavy atom. The van der Waals surface area contributed by atoms with Crippen molar-refractivity contribution in [3.63, 3.8) is 0 Å². The van der Waals surface area contributed by atoms with Gasteiger partial charge < -0.3 is 9.90 Å². The smallest absolute Gasteiger partial charge is 0.261 e. The zero-order valence-electron chi connectivity index (χ0n) is 12.5. The molecule has 0 radical (unpaired) electrons. The van der Waals surface area contributed by atoms with Crippen molar-refractivity contribution in [2.75, 3.05) is 4.72 Å². The first-order valence-electron chi connectivity index (χ1n) is 7.00. The standard InChI is InChI=1S/C17H11Cl2NO4S/c18-12-8-14(17(21)22)16(15(19)9-12)20-25(23,24)13-6-5-10-3-1-2-4-11(10)7-13/h1-9,20H,(H,21,22)/p-1. The van der Waals surface area contributed by atoms with Crippen LogP contribution in [0.5, 0.6) is 0 Å². The minimum absolute atomic E-state index is 0.0264. The Kier molecular flexibility index (Phi) is 4.60. The zero-order valence-corrected chi connectivity index (χ0v) is 14.8. The maximum atomic E-state index is 12.6. The third kappa shape index (κ3) is 3.56. The number of carboxylic acids is 1. The van der Waals surface area contributed by atoms with Gasteiger partial charge in [0.25, 0.3) is 10.0 Å². The number of hydrogen-bond donors (Lipinski definition) is 1. The number of carbonyl (C=O) groups excluding carboxylic acids is 1. The molecule has 0 spiro atoms. The molecule has 0 atom stereocenters. The number of hydrogen-bond acceptors (Lipinski definition) is 4. The van der Waals surface area contributed by atoms with Crippen LogP contribution in [-0.2, 0) is 10.0 Å². The van der Waals surface area contributed by atoms with Gasteiger partial charge >= 0.3 is 0 Å². The highest BCUT2D eigenvalue weighted by atomic mass is 35.5. The Labute approximate surface area is 153 Å². The Morgan fingerprint density at radius 3 is 2.32 bits per heavy atom. The van der Waals surface area contributed by atoms with Gasteiger partial charge in [-0.25, -0.2) is 8.42 Å². The maximum absolute atomic E-state index is 12.6. The van der Waals surface area contributed by atoms with Gasteiger partial charge in [0.2, 0.25) is 0 Å². The molecule has 0 saturated heterocycles. The molecule has 0 aliphatic heterocycles. The first kappa shape index (κ1) is 17.5. The summed E-state index contributed by atoms with van der Waals surface area (Å²) in [5, 5.41) is 12.8. The van der Waals surface area contributed by atoms with Crippen LogP contribution in [0.25, 0.3) is 10.8 Å². The fraction of sp³-hybridized carbons (Fsp3) is 0.